The highest BCUT2D eigenvalue weighted by Crippen LogP contribution is 2.24. The average molecular weight is 216 g/mol. The molecule has 0 aliphatic heterocycles. The molecule has 82 valence electrons. The lowest BCUT2D eigenvalue weighted by atomic mass is 10.00. The highest BCUT2D eigenvalue weighted by atomic mass is 19.1. The van der Waals surface area contributed by atoms with Gasteiger partial charge in [-0.05, 0) is 18.6 Å². The predicted octanol–water partition coefficient (Wildman–Crippen LogP) is 3.22. The first-order valence-electron chi connectivity index (χ1n) is 5.17. The zero-order chi connectivity index (χ0) is 11.5. The van der Waals surface area contributed by atoms with Crippen molar-refractivity contribution in [3.63, 3.8) is 0 Å². The van der Waals surface area contributed by atoms with Crippen LogP contribution in [0.1, 0.15) is 22.8 Å². The van der Waals surface area contributed by atoms with Gasteiger partial charge in [0, 0.05) is 5.56 Å². The minimum Gasteiger partial charge on any atom is -0.384 e. The molecule has 0 heterocycles. The van der Waals surface area contributed by atoms with Gasteiger partial charge < -0.3 is 5.11 Å². The normalized spacial score (nSPS) is 12.4. The summed E-state index contributed by atoms with van der Waals surface area (Å²) in [7, 11) is 0. The van der Waals surface area contributed by atoms with Crippen LogP contribution in [0.15, 0.2) is 48.5 Å². The first kappa shape index (κ1) is 10.8. The Morgan fingerprint density at radius 1 is 1.06 bits per heavy atom. The molecule has 0 aliphatic carbocycles. The fraction of sp³-hybridized carbons (Fsp3) is 0.143. The van der Waals surface area contributed by atoms with Gasteiger partial charge in [0.25, 0.3) is 0 Å². The van der Waals surface area contributed by atoms with E-state index in [-0.39, 0.29) is 5.82 Å². The van der Waals surface area contributed by atoms with Gasteiger partial charge >= 0.3 is 0 Å². The van der Waals surface area contributed by atoms with E-state index in [9.17, 15) is 9.50 Å². The first-order valence-corrected chi connectivity index (χ1v) is 5.17. The Hall–Kier alpha value is -1.67. The van der Waals surface area contributed by atoms with Crippen LogP contribution < -0.4 is 0 Å². The van der Waals surface area contributed by atoms with Gasteiger partial charge in [-0.1, -0.05) is 48.0 Å². The summed E-state index contributed by atoms with van der Waals surface area (Å²) in [5.74, 6) is -0.378. The monoisotopic (exact) mass is 216 g/mol. The molecule has 0 spiro atoms. The second kappa shape index (κ2) is 4.45. The molecule has 0 radical (unpaired) electrons. The standard InChI is InChI=1S/C14H13FO/c1-10-5-4-6-11(9-10)14(16)12-7-2-3-8-13(12)15/h2-9,14,16H,1H3. The summed E-state index contributed by atoms with van der Waals surface area (Å²) >= 11 is 0. The molecule has 1 atom stereocenters. The van der Waals surface area contributed by atoms with Crippen molar-refractivity contribution in [2.24, 2.45) is 0 Å². The van der Waals surface area contributed by atoms with Crippen LogP contribution in [0.3, 0.4) is 0 Å². The van der Waals surface area contributed by atoms with Crippen LogP contribution >= 0.6 is 0 Å². The molecular formula is C14H13FO. The zero-order valence-corrected chi connectivity index (χ0v) is 9.02. The maximum absolute atomic E-state index is 13.5. The van der Waals surface area contributed by atoms with E-state index in [0.29, 0.717) is 11.1 Å². The Kier molecular flexibility index (Phi) is 3.02. The quantitative estimate of drug-likeness (QED) is 0.817. The molecule has 2 aromatic carbocycles. The molecule has 0 fully saturated rings. The van der Waals surface area contributed by atoms with Crippen molar-refractivity contribution in [1.29, 1.82) is 0 Å². The van der Waals surface area contributed by atoms with Crippen LogP contribution in [0.2, 0.25) is 0 Å². The van der Waals surface area contributed by atoms with Gasteiger partial charge in [-0.15, -0.1) is 0 Å². The van der Waals surface area contributed by atoms with Gasteiger partial charge in [0.1, 0.15) is 11.9 Å². The van der Waals surface area contributed by atoms with E-state index in [1.54, 1.807) is 24.3 Å². The van der Waals surface area contributed by atoms with Crippen molar-refractivity contribution >= 4 is 0 Å². The summed E-state index contributed by atoms with van der Waals surface area (Å²) in [5.41, 5.74) is 2.08. The first-order chi connectivity index (χ1) is 7.68. The molecule has 0 aliphatic rings. The second-order valence-electron chi connectivity index (χ2n) is 3.84. The largest absolute Gasteiger partial charge is 0.384 e. The Labute approximate surface area is 94.2 Å². The minimum absolute atomic E-state index is 0.313. The Morgan fingerprint density at radius 3 is 2.50 bits per heavy atom. The fourth-order valence-electron chi connectivity index (χ4n) is 1.72. The van der Waals surface area contributed by atoms with Gasteiger partial charge in [0.2, 0.25) is 0 Å². The number of aliphatic hydroxyl groups is 1. The number of aliphatic hydroxyl groups excluding tert-OH is 1. The van der Waals surface area contributed by atoms with Gasteiger partial charge in [-0.25, -0.2) is 4.39 Å². The molecule has 0 amide bonds. The van der Waals surface area contributed by atoms with E-state index in [2.05, 4.69) is 0 Å². The number of benzene rings is 2. The SMILES string of the molecule is Cc1cccc(C(O)c2ccccc2F)c1. The molecule has 2 rings (SSSR count). The summed E-state index contributed by atoms with van der Waals surface area (Å²) in [6, 6.07) is 13.7. The van der Waals surface area contributed by atoms with Crippen LogP contribution in [-0.2, 0) is 0 Å². The lowest BCUT2D eigenvalue weighted by Crippen LogP contribution is -2.02. The Bertz CT molecular complexity index is 494. The van der Waals surface area contributed by atoms with E-state index >= 15 is 0 Å². The zero-order valence-electron chi connectivity index (χ0n) is 9.02. The highest BCUT2D eigenvalue weighted by Gasteiger charge is 2.13. The third-order valence-corrected chi connectivity index (χ3v) is 2.56. The van der Waals surface area contributed by atoms with Crippen molar-refractivity contribution in [3.05, 3.63) is 71.0 Å². The molecule has 1 unspecified atom stereocenters. The van der Waals surface area contributed by atoms with E-state index in [1.165, 1.54) is 6.07 Å². The van der Waals surface area contributed by atoms with Gasteiger partial charge in [-0.2, -0.15) is 0 Å². The van der Waals surface area contributed by atoms with Crippen molar-refractivity contribution in [1.82, 2.24) is 0 Å². The average Bonchev–Trinajstić information content (AvgIpc) is 2.29. The van der Waals surface area contributed by atoms with Crippen molar-refractivity contribution < 1.29 is 9.50 Å². The van der Waals surface area contributed by atoms with Crippen LogP contribution in [-0.4, -0.2) is 5.11 Å². The van der Waals surface area contributed by atoms with Crippen LogP contribution in [0.25, 0.3) is 0 Å². The van der Waals surface area contributed by atoms with Crippen molar-refractivity contribution in [3.8, 4) is 0 Å². The Balaban J connectivity index is 2.39. The Morgan fingerprint density at radius 2 is 1.81 bits per heavy atom. The molecule has 2 heteroatoms. The minimum atomic E-state index is -0.902. The van der Waals surface area contributed by atoms with Crippen LogP contribution in [0.5, 0.6) is 0 Å². The summed E-state index contributed by atoms with van der Waals surface area (Å²) in [6.45, 7) is 1.94. The van der Waals surface area contributed by atoms with E-state index in [1.807, 2.05) is 25.1 Å². The summed E-state index contributed by atoms with van der Waals surface area (Å²) < 4.78 is 13.5. The lowest BCUT2D eigenvalue weighted by Gasteiger charge is -2.12. The van der Waals surface area contributed by atoms with E-state index in [4.69, 9.17) is 0 Å². The third-order valence-electron chi connectivity index (χ3n) is 2.56. The number of halogens is 1. The summed E-state index contributed by atoms with van der Waals surface area (Å²) in [5, 5.41) is 10.1. The topological polar surface area (TPSA) is 20.2 Å². The van der Waals surface area contributed by atoms with E-state index in [0.717, 1.165) is 5.56 Å². The van der Waals surface area contributed by atoms with Crippen LogP contribution in [0.4, 0.5) is 4.39 Å². The van der Waals surface area contributed by atoms with E-state index < -0.39 is 6.10 Å². The molecule has 0 saturated heterocycles. The molecule has 1 N–H and O–H groups in total. The van der Waals surface area contributed by atoms with Crippen molar-refractivity contribution in [2.45, 2.75) is 13.0 Å². The third kappa shape index (κ3) is 2.12. The summed E-state index contributed by atoms with van der Waals surface area (Å²) in [6.07, 6.45) is -0.902. The number of hydrogen-bond acceptors (Lipinski definition) is 1. The molecule has 2 aromatic rings. The van der Waals surface area contributed by atoms with Crippen molar-refractivity contribution in [2.75, 3.05) is 0 Å². The summed E-state index contributed by atoms with van der Waals surface area (Å²) in [4.78, 5) is 0. The number of rotatable bonds is 2. The number of aryl methyl sites for hydroxylation is 1. The molecule has 1 nitrogen and oxygen atoms in total. The smallest absolute Gasteiger partial charge is 0.129 e. The lowest BCUT2D eigenvalue weighted by molar-refractivity contribution is 0.215. The molecular weight excluding hydrogens is 203 g/mol. The second-order valence-corrected chi connectivity index (χ2v) is 3.84. The van der Waals surface area contributed by atoms with Crippen LogP contribution in [0, 0.1) is 12.7 Å². The van der Waals surface area contributed by atoms with Gasteiger partial charge in [-0.3, -0.25) is 0 Å². The molecule has 16 heavy (non-hydrogen) atoms. The predicted molar refractivity (Wildman–Crippen MR) is 61.6 cm³/mol. The molecule has 0 bridgehead atoms. The maximum Gasteiger partial charge on any atom is 0.129 e. The van der Waals surface area contributed by atoms with Gasteiger partial charge in [0.15, 0.2) is 0 Å². The number of hydrogen-bond donors (Lipinski definition) is 1. The van der Waals surface area contributed by atoms with Gasteiger partial charge in [0.05, 0.1) is 0 Å². The highest BCUT2D eigenvalue weighted by molar-refractivity contribution is 5.32. The fourth-order valence-corrected chi connectivity index (χ4v) is 1.72. The molecule has 0 aromatic heterocycles. The maximum atomic E-state index is 13.5. The molecule has 0 saturated carbocycles.